The predicted octanol–water partition coefficient (Wildman–Crippen LogP) is 3.81. The van der Waals surface area contributed by atoms with Crippen molar-refractivity contribution in [3.8, 4) is 11.4 Å². The zero-order valence-corrected chi connectivity index (χ0v) is 16.9. The van der Waals surface area contributed by atoms with Crippen LogP contribution in [0.25, 0.3) is 17.6 Å². The Balaban J connectivity index is 1.69. The van der Waals surface area contributed by atoms with Crippen molar-refractivity contribution in [2.75, 3.05) is 0 Å². The summed E-state index contributed by atoms with van der Waals surface area (Å²) in [6, 6.07) is 0.999. The molecule has 0 radical (unpaired) electrons. The molecule has 0 bridgehead atoms. The zero-order valence-electron chi connectivity index (χ0n) is 16.9. The molecule has 7 nitrogen and oxygen atoms in total. The lowest BCUT2D eigenvalue weighted by atomic mass is 10.0. The van der Waals surface area contributed by atoms with Crippen molar-refractivity contribution in [3.63, 3.8) is 0 Å². The SMILES string of the molecule is C[C@H]1C=C[C@H](C(=O)NNC(=O)/C=C\n2cnc(-c3cc(C(F)(F)F)cc(C(F)(F)F)c3)n2)C1. The van der Waals surface area contributed by atoms with Crippen LogP contribution in [0.15, 0.2) is 42.8 Å². The van der Waals surface area contributed by atoms with Crippen molar-refractivity contribution in [3.05, 3.63) is 53.9 Å². The number of nitrogens with one attached hydrogen (secondary N) is 2. The first kappa shape index (κ1) is 24.0. The Morgan fingerprint density at radius 2 is 1.67 bits per heavy atom. The van der Waals surface area contributed by atoms with Gasteiger partial charge in [0.15, 0.2) is 5.82 Å². The molecule has 1 aliphatic rings. The molecule has 0 unspecified atom stereocenters. The fourth-order valence-corrected chi connectivity index (χ4v) is 3.04. The van der Waals surface area contributed by atoms with Crippen molar-refractivity contribution in [2.45, 2.75) is 25.7 Å². The number of hydrogen-bond donors (Lipinski definition) is 2. The van der Waals surface area contributed by atoms with E-state index in [1.54, 1.807) is 6.08 Å². The van der Waals surface area contributed by atoms with Gasteiger partial charge in [-0.2, -0.15) is 26.3 Å². The minimum absolute atomic E-state index is 0.00104. The molecule has 1 aromatic carbocycles. The number of aromatic nitrogens is 3. The molecule has 2 N–H and O–H groups in total. The number of rotatable bonds is 4. The molecule has 2 atom stereocenters. The molecule has 1 aliphatic carbocycles. The van der Waals surface area contributed by atoms with Gasteiger partial charge in [-0.1, -0.05) is 19.1 Å². The third kappa shape index (κ3) is 6.20. The third-order valence-corrected chi connectivity index (χ3v) is 4.68. The number of carbonyl (C=O) groups excluding carboxylic acids is 2. The number of alkyl halides is 6. The van der Waals surface area contributed by atoms with Crippen LogP contribution < -0.4 is 10.9 Å². The number of hydrazine groups is 1. The van der Waals surface area contributed by atoms with Gasteiger partial charge in [0, 0.05) is 17.8 Å². The van der Waals surface area contributed by atoms with Crippen LogP contribution in [0.4, 0.5) is 26.3 Å². The maximum atomic E-state index is 13.0. The van der Waals surface area contributed by atoms with Crippen molar-refractivity contribution in [1.82, 2.24) is 25.6 Å². The number of allylic oxidation sites excluding steroid dienone is 1. The first-order valence-corrected chi connectivity index (χ1v) is 9.50. The molecule has 0 saturated carbocycles. The Morgan fingerprint density at radius 3 is 2.21 bits per heavy atom. The van der Waals surface area contributed by atoms with E-state index in [4.69, 9.17) is 0 Å². The van der Waals surface area contributed by atoms with Crippen molar-refractivity contribution in [2.24, 2.45) is 11.8 Å². The number of amides is 2. The second kappa shape index (κ2) is 9.08. The van der Waals surface area contributed by atoms with Gasteiger partial charge in [-0.15, -0.1) is 5.10 Å². The zero-order chi connectivity index (χ0) is 24.4. The highest BCUT2D eigenvalue weighted by Gasteiger charge is 2.37. The first-order valence-electron chi connectivity index (χ1n) is 9.50. The van der Waals surface area contributed by atoms with Crippen LogP contribution >= 0.6 is 0 Å². The molecule has 1 heterocycles. The minimum atomic E-state index is -5.01. The van der Waals surface area contributed by atoms with Gasteiger partial charge in [0.05, 0.1) is 17.0 Å². The number of carbonyl (C=O) groups is 2. The number of halogens is 6. The second-order valence-corrected chi connectivity index (χ2v) is 7.34. The monoisotopic (exact) mass is 473 g/mol. The summed E-state index contributed by atoms with van der Waals surface area (Å²) in [6.07, 6.45) is -2.78. The van der Waals surface area contributed by atoms with E-state index in [-0.39, 0.29) is 17.9 Å². The van der Waals surface area contributed by atoms with E-state index >= 15 is 0 Å². The lowest BCUT2D eigenvalue weighted by Gasteiger charge is -2.13. The van der Waals surface area contributed by atoms with Crippen LogP contribution in [0.2, 0.25) is 0 Å². The molecular formula is C20H17F6N5O2. The normalized spacial score (nSPS) is 18.6. The Bertz CT molecular complexity index is 1070. The molecule has 2 aromatic rings. The molecule has 0 aliphatic heterocycles. The van der Waals surface area contributed by atoms with E-state index in [1.807, 2.05) is 13.0 Å². The third-order valence-electron chi connectivity index (χ3n) is 4.68. The Morgan fingerprint density at radius 1 is 1.03 bits per heavy atom. The summed E-state index contributed by atoms with van der Waals surface area (Å²) < 4.78 is 79.0. The first-order chi connectivity index (χ1) is 15.3. The van der Waals surface area contributed by atoms with E-state index in [2.05, 4.69) is 20.9 Å². The molecule has 176 valence electrons. The van der Waals surface area contributed by atoms with Gasteiger partial charge < -0.3 is 0 Å². The van der Waals surface area contributed by atoms with Gasteiger partial charge in [-0.3, -0.25) is 20.4 Å². The molecule has 3 rings (SSSR count). The van der Waals surface area contributed by atoms with Crippen LogP contribution in [0.5, 0.6) is 0 Å². The summed E-state index contributed by atoms with van der Waals surface area (Å²) in [5.74, 6) is -1.66. The van der Waals surface area contributed by atoms with Gasteiger partial charge in [-0.25, -0.2) is 9.67 Å². The quantitative estimate of drug-likeness (QED) is 0.306. The second-order valence-electron chi connectivity index (χ2n) is 7.34. The Hall–Kier alpha value is -3.64. The highest BCUT2D eigenvalue weighted by molar-refractivity contribution is 5.92. The maximum absolute atomic E-state index is 13.0. The molecule has 0 saturated heterocycles. The molecule has 0 fully saturated rings. The van der Waals surface area contributed by atoms with Gasteiger partial charge in [-0.05, 0) is 30.5 Å². The molecule has 33 heavy (non-hydrogen) atoms. The Kier molecular flexibility index (Phi) is 6.60. The van der Waals surface area contributed by atoms with E-state index in [9.17, 15) is 35.9 Å². The minimum Gasteiger partial charge on any atom is -0.273 e. The topological polar surface area (TPSA) is 88.9 Å². The van der Waals surface area contributed by atoms with Crippen molar-refractivity contribution in [1.29, 1.82) is 0 Å². The van der Waals surface area contributed by atoms with Crippen LogP contribution in [0.3, 0.4) is 0 Å². The van der Waals surface area contributed by atoms with E-state index < -0.39 is 46.7 Å². The van der Waals surface area contributed by atoms with Gasteiger partial charge in [0.25, 0.3) is 5.91 Å². The summed E-state index contributed by atoms with van der Waals surface area (Å²) in [6.45, 7) is 1.95. The molecular weight excluding hydrogens is 456 g/mol. The van der Waals surface area contributed by atoms with Crippen molar-refractivity contribution >= 4 is 18.0 Å². The largest absolute Gasteiger partial charge is 0.416 e. The fraction of sp³-hybridized carbons (Fsp3) is 0.300. The van der Waals surface area contributed by atoms with Crippen LogP contribution in [0.1, 0.15) is 24.5 Å². The van der Waals surface area contributed by atoms with E-state index in [1.165, 1.54) is 0 Å². The standard InChI is InChI=1S/C20H17F6N5O2/c1-11-2-3-12(6-11)18(33)29-28-16(32)4-5-31-10-27-17(30-31)13-7-14(19(21,22)23)9-15(8-13)20(24,25)26/h2-5,7-12H,6H2,1H3,(H,28,32)(H,29,33)/b5-4-/t11-,12-/m0/s1. The summed E-state index contributed by atoms with van der Waals surface area (Å²) in [5.41, 5.74) is 0.915. The van der Waals surface area contributed by atoms with Crippen LogP contribution in [-0.4, -0.2) is 26.6 Å². The highest BCUT2D eigenvalue weighted by Crippen LogP contribution is 2.38. The summed E-state index contributed by atoms with van der Waals surface area (Å²) >= 11 is 0. The number of benzene rings is 1. The molecule has 1 aromatic heterocycles. The predicted molar refractivity (Wildman–Crippen MR) is 103 cm³/mol. The van der Waals surface area contributed by atoms with Crippen LogP contribution in [0, 0.1) is 11.8 Å². The highest BCUT2D eigenvalue weighted by atomic mass is 19.4. The maximum Gasteiger partial charge on any atom is 0.416 e. The van der Waals surface area contributed by atoms with Crippen molar-refractivity contribution < 1.29 is 35.9 Å². The summed E-state index contributed by atoms with van der Waals surface area (Å²) in [4.78, 5) is 27.5. The van der Waals surface area contributed by atoms with Gasteiger partial charge in [0.1, 0.15) is 6.33 Å². The smallest absolute Gasteiger partial charge is 0.273 e. The molecule has 13 heteroatoms. The molecule has 2 amide bonds. The van der Waals surface area contributed by atoms with Gasteiger partial charge >= 0.3 is 12.4 Å². The lowest BCUT2D eigenvalue weighted by molar-refractivity contribution is -0.143. The van der Waals surface area contributed by atoms with E-state index in [0.29, 0.717) is 18.6 Å². The number of hydrogen-bond acceptors (Lipinski definition) is 4. The average Bonchev–Trinajstić information content (AvgIpc) is 3.38. The van der Waals surface area contributed by atoms with Crippen LogP contribution in [-0.2, 0) is 21.9 Å². The molecule has 0 spiro atoms. The van der Waals surface area contributed by atoms with E-state index in [0.717, 1.165) is 23.3 Å². The number of nitrogens with zero attached hydrogens (tertiary/aromatic N) is 3. The fourth-order valence-electron chi connectivity index (χ4n) is 3.04. The summed E-state index contributed by atoms with van der Waals surface area (Å²) in [7, 11) is 0. The van der Waals surface area contributed by atoms with Gasteiger partial charge in [0.2, 0.25) is 5.91 Å². The average molecular weight is 473 g/mol. The lowest BCUT2D eigenvalue weighted by Crippen LogP contribution is -2.43. The Labute approximate surface area is 183 Å². The summed E-state index contributed by atoms with van der Waals surface area (Å²) in [5, 5.41) is 3.77.